The topological polar surface area (TPSA) is 76.7 Å². The van der Waals surface area contributed by atoms with Gasteiger partial charge in [0.05, 0.1) is 23.4 Å². The summed E-state index contributed by atoms with van der Waals surface area (Å²) in [6.07, 6.45) is -0.0689. The number of rotatable bonds is 8. The van der Waals surface area contributed by atoms with Crippen LogP contribution < -0.4 is 10.6 Å². The predicted molar refractivity (Wildman–Crippen MR) is 126 cm³/mol. The first kappa shape index (κ1) is 23.1. The van der Waals surface area contributed by atoms with Crippen molar-refractivity contribution in [3.63, 3.8) is 0 Å². The Hall–Kier alpha value is -3.54. The van der Waals surface area contributed by atoms with Gasteiger partial charge in [0.25, 0.3) is 0 Å². The van der Waals surface area contributed by atoms with Gasteiger partial charge in [-0.1, -0.05) is 36.4 Å². The zero-order valence-corrected chi connectivity index (χ0v) is 19.0. The van der Waals surface area contributed by atoms with E-state index in [1.54, 1.807) is 0 Å². The summed E-state index contributed by atoms with van der Waals surface area (Å²) in [6.45, 7) is 7.26. The molecule has 2 aromatic rings. The zero-order chi connectivity index (χ0) is 23.1. The first-order valence-electron chi connectivity index (χ1n) is 10.8. The molecule has 2 aromatic carbocycles. The van der Waals surface area contributed by atoms with Gasteiger partial charge in [-0.3, -0.25) is 0 Å². The van der Waals surface area contributed by atoms with Gasteiger partial charge in [-0.25, -0.2) is 9.59 Å². The second-order valence-electron chi connectivity index (χ2n) is 8.16. The number of ether oxygens (including phenoxy) is 2. The molecule has 0 aliphatic heterocycles. The Morgan fingerprint density at radius 2 is 1.00 bits per heavy atom. The van der Waals surface area contributed by atoms with E-state index in [1.807, 2.05) is 88.4 Å². The molecule has 2 N–H and O–H groups in total. The van der Waals surface area contributed by atoms with Crippen LogP contribution in [-0.4, -0.2) is 24.1 Å². The number of anilines is 2. The van der Waals surface area contributed by atoms with Gasteiger partial charge in [-0.05, 0) is 52.0 Å². The highest BCUT2D eigenvalue weighted by Gasteiger charge is 2.31. The molecule has 0 heterocycles. The Balaban J connectivity index is 2.00. The zero-order valence-electron chi connectivity index (χ0n) is 19.0. The molecule has 0 unspecified atom stereocenters. The Morgan fingerprint density at radius 1 is 0.656 bits per heavy atom. The molecule has 32 heavy (non-hydrogen) atoms. The second kappa shape index (κ2) is 10.7. The van der Waals surface area contributed by atoms with E-state index in [2.05, 4.69) is 10.6 Å². The lowest BCUT2D eigenvalue weighted by Gasteiger charge is -2.27. The third-order valence-electron chi connectivity index (χ3n) is 4.75. The van der Waals surface area contributed by atoms with Crippen LogP contribution in [0.2, 0.25) is 0 Å². The van der Waals surface area contributed by atoms with Gasteiger partial charge in [0, 0.05) is 35.6 Å². The van der Waals surface area contributed by atoms with E-state index in [0.717, 1.165) is 11.4 Å². The highest BCUT2D eigenvalue weighted by atomic mass is 16.5. The summed E-state index contributed by atoms with van der Waals surface area (Å²) < 4.78 is 11.0. The number of esters is 2. The monoisotopic (exact) mass is 434 g/mol. The summed E-state index contributed by atoms with van der Waals surface area (Å²) in [6, 6.07) is 19.1. The quantitative estimate of drug-likeness (QED) is 0.541. The van der Waals surface area contributed by atoms with Crippen molar-refractivity contribution in [2.45, 2.75) is 52.7 Å². The molecule has 0 bridgehead atoms. The lowest BCUT2D eigenvalue weighted by atomic mass is 9.92. The fourth-order valence-corrected chi connectivity index (χ4v) is 3.37. The van der Waals surface area contributed by atoms with Crippen molar-refractivity contribution in [2.24, 2.45) is 0 Å². The molecule has 6 nitrogen and oxygen atoms in total. The molecule has 0 atom stereocenters. The van der Waals surface area contributed by atoms with Gasteiger partial charge in [0.1, 0.15) is 0 Å². The average Bonchev–Trinajstić information content (AvgIpc) is 2.75. The number of hydrogen-bond acceptors (Lipinski definition) is 6. The lowest BCUT2D eigenvalue weighted by Crippen LogP contribution is -2.26. The number of carbonyl (C=O) groups excluding carboxylic acids is 2. The van der Waals surface area contributed by atoms with Crippen LogP contribution in [0.3, 0.4) is 0 Å². The number of benzene rings is 2. The second-order valence-corrected chi connectivity index (χ2v) is 8.16. The van der Waals surface area contributed by atoms with Gasteiger partial charge < -0.3 is 20.1 Å². The van der Waals surface area contributed by atoms with Crippen LogP contribution in [0.1, 0.15) is 40.5 Å². The largest absolute Gasteiger partial charge is 0.460 e. The van der Waals surface area contributed by atoms with E-state index in [9.17, 15) is 9.59 Å². The number of para-hydroxylation sites is 2. The number of hydrogen-bond donors (Lipinski definition) is 2. The highest BCUT2D eigenvalue weighted by Crippen LogP contribution is 2.33. The molecule has 1 aliphatic rings. The molecular formula is C26H30N2O4. The van der Waals surface area contributed by atoms with E-state index in [1.165, 1.54) is 0 Å². The highest BCUT2D eigenvalue weighted by molar-refractivity contribution is 5.96. The number of carbonyl (C=O) groups is 2. The summed E-state index contributed by atoms with van der Waals surface area (Å²) in [5, 5.41) is 6.63. The molecule has 0 radical (unpaired) electrons. The van der Waals surface area contributed by atoms with Crippen molar-refractivity contribution >= 4 is 23.3 Å². The van der Waals surface area contributed by atoms with E-state index in [4.69, 9.17) is 9.47 Å². The summed E-state index contributed by atoms with van der Waals surface area (Å²) >= 11 is 0. The Kier molecular flexibility index (Phi) is 7.71. The van der Waals surface area contributed by atoms with Crippen molar-refractivity contribution in [3.05, 3.63) is 83.2 Å². The van der Waals surface area contributed by atoms with Crippen molar-refractivity contribution < 1.29 is 19.1 Å². The smallest absolute Gasteiger partial charge is 0.336 e. The van der Waals surface area contributed by atoms with E-state index in [0.29, 0.717) is 22.5 Å². The maximum atomic E-state index is 13.0. The normalized spacial score (nSPS) is 13.9. The third-order valence-corrected chi connectivity index (χ3v) is 4.75. The average molecular weight is 435 g/mol. The van der Waals surface area contributed by atoms with E-state index in [-0.39, 0.29) is 25.0 Å². The predicted octanol–water partition coefficient (Wildman–Crippen LogP) is 5.42. The molecule has 0 aromatic heterocycles. The molecule has 168 valence electrons. The molecular weight excluding hydrogens is 404 g/mol. The third kappa shape index (κ3) is 6.23. The van der Waals surface area contributed by atoms with Gasteiger partial charge in [0.2, 0.25) is 0 Å². The van der Waals surface area contributed by atoms with Crippen LogP contribution in [0, 0.1) is 0 Å². The standard InChI is InChI=1S/C26H30N2O4/c1-17(2)31-25(29)21-15-24(28-20-13-9-6-10-14-20)22(26(30)32-18(3)4)16-23(21)27-19-11-7-5-8-12-19/h5-14,17-18,27-28H,15-16H2,1-4H3. The maximum Gasteiger partial charge on any atom is 0.336 e. The Morgan fingerprint density at radius 3 is 1.31 bits per heavy atom. The van der Waals surface area contributed by atoms with Crippen molar-refractivity contribution in [2.75, 3.05) is 10.6 Å². The van der Waals surface area contributed by atoms with E-state index < -0.39 is 11.9 Å². The van der Waals surface area contributed by atoms with Crippen LogP contribution in [0.4, 0.5) is 11.4 Å². The first-order valence-corrected chi connectivity index (χ1v) is 10.8. The van der Waals surface area contributed by atoms with Crippen molar-refractivity contribution in [3.8, 4) is 0 Å². The molecule has 1 aliphatic carbocycles. The van der Waals surface area contributed by atoms with Crippen LogP contribution in [0.25, 0.3) is 0 Å². The Bertz CT molecular complexity index is 925. The fourth-order valence-electron chi connectivity index (χ4n) is 3.37. The first-order chi connectivity index (χ1) is 15.3. The molecule has 0 spiro atoms. The van der Waals surface area contributed by atoms with Crippen molar-refractivity contribution in [1.29, 1.82) is 0 Å². The summed E-state index contributed by atoms with van der Waals surface area (Å²) in [7, 11) is 0. The molecule has 0 saturated carbocycles. The molecule has 0 saturated heterocycles. The molecule has 3 rings (SSSR count). The van der Waals surface area contributed by atoms with Crippen LogP contribution in [0.15, 0.2) is 83.2 Å². The van der Waals surface area contributed by atoms with Gasteiger partial charge in [0.15, 0.2) is 0 Å². The minimum atomic E-state index is -0.401. The summed E-state index contributed by atoms with van der Waals surface area (Å²) in [5.74, 6) is -0.802. The lowest BCUT2D eigenvalue weighted by molar-refractivity contribution is -0.144. The van der Waals surface area contributed by atoms with Gasteiger partial charge >= 0.3 is 11.9 Å². The minimum absolute atomic E-state index is 0.220. The van der Waals surface area contributed by atoms with Crippen LogP contribution >= 0.6 is 0 Å². The van der Waals surface area contributed by atoms with Crippen molar-refractivity contribution in [1.82, 2.24) is 0 Å². The van der Waals surface area contributed by atoms with Crippen LogP contribution in [0.5, 0.6) is 0 Å². The molecule has 0 fully saturated rings. The number of allylic oxidation sites excluding steroid dienone is 2. The molecule has 6 heteroatoms. The van der Waals surface area contributed by atoms with Crippen LogP contribution in [-0.2, 0) is 19.1 Å². The summed E-state index contributed by atoms with van der Waals surface area (Å²) in [4.78, 5) is 25.9. The SMILES string of the molecule is CC(C)OC(=O)C1=C(Nc2ccccc2)CC(C(=O)OC(C)C)=C(Nc2ccccc2)C1. The minimum Gasteiger partial charge on any atom is -0.460 e. The summed E-state index contributed by atoms with van der Waals surface area (Å²) in [5.41, 5.74) is 3.90. The van der Waals surface area contributed by atoms with Gasteiger partial charge in [-0.2, -0.15) is 0 Å². The number of nitrogens with one attached hydrogen (secondary N) is 2. The van der Waals surface area contributed by atoms with Gasteiger partial charge in [-0.15, -0.1) is 0 Å². The fraction of sp³-hybridized carbons (Fsp3) is 0.308. The Labute approximate surface area is 189 Å². The molecule has 0 amide bonds. The maximum absolute atomic E-state index is 13.0. The van der Waals surface area contributed by atoms with E-state index >= 15 is 0 Å².